The second-order valence-electron chi connectivity index (χ2n) is 4.14. The maximum Gasteiger partial charge on any atom is 0.358 e. The first-order valence-corrected chi connectivity index (χ1v) is 6.04. The molecule has 0 aliphatic heterocycles. The molecular weight excluding hydrogens is 280 g/mol. The largest absolute Gasteiger partial charge is 0.476 e. The number of carboxylic acid groups (broad SMARTS) is 1. The second kappa shape index (κ2) is 6.45. The summed E-state index contributed by atoms with van der Waals surface area (Å²) in [5.74, 6) is -0.511. The number of carbonyl (C=O) groups is 2. The van der Waals surface area contributed by atoms with Gasteiger partial charge in [0.05, 0.1) is 19.3 Å². The van der Waals surface area contributed by atoms with Crippen molar-refractivity contribution in [2.75, 3.05) is 6.54 Å². The van der Waals surface area contributed by atoms with Crippen molar-refractivity contribution < 1.29 is 14.7 Å². The molecule has 2 heterocycles. The molecule has 0 fully saturated rings. The molecule has 0 aromatic carbocycles. The van der Waals surface area contributed by atoms with Crippen LogP contribution in [0.25, 0.3) is 0 Å². The lowest BCUT2D eigenvalue weighted by molar-refractivity contribution is 0.0690. The molecule has 0 spiro atoms. The first-order valence-electron chi connectivity index (χ1n) is 6.04. The van der Waals surface area contributed by atoms with Crippen LogP contribution in [0.15, 0.2) is 12.5 Å². The molecule has 11 nitrogen and oxygen atoms in total. The van der Waals surface area contributed by atoms with Crippen LogP contribution in [0.4, 0.5) is 4.79 Å². The Morgan fingerprint density at radius 3 is 2.76 bits per heavy atom. The lowest BCUT2D eigenvalue weighted by Crippen LogP contribution is -2.37. The number of aryl methyl sites for hydroxylation is 1. The van der Waals surface area contributed by atoms with Gasteiger partial charge in [-0.05, 0) is 0 Å². The average molecular weight is 294 g/mol. The summed E-state index contributed by atoms with van der Waals surface area (Å²) in [6, 6.07) is -0.364. The number of aromatic carboxylic acids is 1. The summed E-state index contributed by atoms with van der Waals surface area (Å²) in [5, 5.41) is 28.5. The predicted molar refractivity (Wildman–Crippen MR) is 68.2 cm³/mol. The smallest absolute Gasteiger partial charge is 0.358 e. The van der Waals surface area contributed by atoms with Gasteiger partial charge in [-0.25, -0.2) is 14.3 Å². The molecule has 0 saturated heterocycles. The number of hydrogen-bond donors (Lipinski definition) is 3. The minimum absolute atomic E-state index is 0.137. The molecule has 112 valence electrons. The highest BCUT2D eigenvalue weighted by molar-refractivity contribution is 5.84. The highest BCUT2D eigenvalue weighted by Crippen LogP contribution is 1.92. The van der Waals surface area contributed by atoms with Gasteiger partial charge in [0.25, 0.3) is 0 Å². The number of nitrogens with zero attached hydrogens (tertiary/aromatic N) is 6. The van der Waals surface area contributed by atoms with Gasteiger partial charge < -0.3 is 20.3 Å². The van der Waals surface area contributed by atoms with Crippen molar-refractivity contribution in [1.29, 1.82) is 0 Å². The highest BCUT2D eigenvalue weighted by Gasteiger charge is 2.08. The first-order chi connectivity index (χ1) is 10.1. The van der Waals surface area contributed by atoms with Gasteiger partial charge in [0.1, 0.15) is 6.33 Å². The van der Waals surface area contributed by atoms with Crippen molar-refractivity contribution in [2.45, 2.75) is 13.1 Å². The van der Waals surface area contributed by atoms with Crippen LogP contribution in [0.1, 0.15) is 16.3 Å². The highest BCUT2D eigenvalue weighted by atomic mass is 16.4. The van der Waals surface area contributed by atoms with Gasteiger partial charge in [0.15, 0.2) is 11.5 Å². The fraction of sp³-hybridized carbons (Fsp3) is 0.400. The molecule has 0 radical (unpaired) electrons. The van der Waals surface area contributed by atoms with Gasteiger partial charge in [-0.2, -0.15) is 0 Å². The number of nitrogens with one attached hydrogen (secondary N) is 2. The van der Waals surface area contributed by atoms with Crippen molar-refractivity contribution >= 4 is 12.0 Å². The number of carboxylic acids is 1. The monoisotopic (exact) mass is 294 g/mol. The van der Waals surface area contributed by atoms with E-state index in [9.17, 15) is 9.59 Å². The van der Waals surface area contributed by atoms with E-state index in [4.69, 9.17) is 5.11 Å². The topological polar surface area (TPSA) is 140 Å². The van der Waals surface area contributed by atoms with Gasteiger partial charge in [-0.3, -0.25) is 0 Å². The Morgan fingerprint density at radius 1 is 1.33 bits per heavy atom. The third-order valence-electron chi connectivity index (χ3n) is 2.60. The molecule has 2 amide bonds. The zero-order valence-corrected chi connectivity index (χ0v) is 11.2. The Hall–Kier alpha value is -2.98. The Balaban J connectivity index is 1.69. The van der Waals surface area contributed by atoms with Crippen LogP contribution in [-0.4, -0.2) is 53.4 Å². The maximum absolute atomic E-state index is 11.5. The number of urea groups is 1. The molecule has 11 heteroatoms. The summed E-state index contributed by atoms with van der Waals surface area (Å²) < 4.78 is 3.04. The van der Waals surface area contributed by atoms with Crippen molar-refractivity contribution in [3.63, 3.8) is 0 Å². The van der Waals surface area contributed by atoms with E-state index in [0.717, 1.165) is 0 Å². The van der Waals surface area contributed by atoms with E-state index in [1.165, 1.54) is 10.9 Å². The molecule has 0 atom stereocenters. The van der Waals surface area contributed by atoms with Crippen LogP contribution in [0.5, 0.6) is 0 Å². The van der Waals surface area contributed by atoms with Crippen molar-refractivity contribution in [3.8, 4) is 0 Å². The lowest BCUT2D eigenvalue weighted by Gasteiger charge is -2.06. The van der Waals surface area contributed by atoms with Gasteiger partial charge in [-0.15, -0.1) is 15.3 Å². The van der Waals surface area contributed by atoms with E-state index >= 15 is 0 Å². The molecule has 0 saturated carbocycles. The van der Waals surface area contributed by atoms with Crippen molar-refractivity contribution in [3.05, 3.63) is 24.0 Å². The Morgan fingerprint density at radius 2 is 2.14 bits per heavy atom. The third-order valence-corrected chi connectivity index (χ3v) is 2.60. The fourth-order valence-corrected chi connectivity index (χ4v) is 1.48. The van der Waals surface area contributed by atoms with Crippen LogP contribution in [0, 0.1) is 0 Å². The second-order valence-corrected chi connectivity index (χ2v) is 4.14. The molecule has 2 rings (SSSR count). The van der Waals surface area contributed by atoms with Crippen LogP contribution in [0.3, 0.4) is 0 Å². The van der Waals surface area contributed by atoms with Gasteiger partial charge in [-0.1, -0.05) is 5.21 Å². The van der Waals surface area contributed by atoms with E-state index in [1.54, 1.807) is 17.9 Å². The van der Waals surface area contributed by atoms with Gasteiger partial charge >= 0.3 is 12.0 Å². The van der Waals surface area contributed by atoms with E-state index < -0.39 is 5.97 Å². The number of carbonyl (C=O) groups excluding carboxylic acids is 1. The first kappa shape index (κ1) is 14.4. The van der Waals surface area contributed by atoms with Crippen molar-refractivity contribution in [1.82, 2.24) is 40.4 Å². The zero-order valence-electron chi connectivity index (χ0n) is 11.2. The minimum Gasteiger partial charge on any atom is -0.476 e. The average Bonchev–Trinajstić information content (AvgIpc) is 3.06. The van der Waals surface area contributed by atoms with Crippen LogP contribution >= 0.6 is 0 Å². The molecular formula is C10H14N8O3. The molecule has 0 unspecified atom stereocenters. The SMILES string of the molecule is Cn1cnnc1CNC(=O)NCCn1cc(C(=O)O)nn1. The Labute approximate surface area is 119 Å². The summed E-state index contributed by atoms with van der Waals surface area (Å²) in [4.78, 5) is 22.1. The fourth-order valence-electron chi connectivity index (χ4n) is 1.48. The van der Waals surface area contributed by atoms with Crippen LogP contribution < -0.4 is 10.6 Å². The Kier molecular flexibility index (Phi) is 4.43. The van der Waals surface area contributed by atoms with Crippen LogP contribution in [-0.2, 0) is 20.1 Å². The quantitative estimate of drug-likeness (QED) is 0.595. The van der Waals surface area contributed by atoms with Gasteiger partial charge in [0.2, 0.25) is 0 Å². The normalized spacial score (nSPS) is 10.3. The van der Waals surface area contributed by atoms with E-state index in [-0.39, 0.29) is 24.8 Å². The minimum atomic E-state index is -1.14. The number of amides is 2. The van der Waals surface area contributed by atoms with E-state index in [1.807, 2.05) is 0 Å². The van der Waals surface area contributed by atoms with Crippen molar-refractivity contribution in [2.24, 2.45) is 7.05 Å². The molecule has 0 bridgehead atoms. The third kappa shape index (κ3) is 3.99. The molecule has 21 heavy (non-hydrogen) atoms. The predicted octanol–water partition coefficient (Wildman–Crippen LogP) is -1.40. The van der Waals surface area contributed by atoms with E-state index in [0.29, 0.717) is 12.4 Å². The summed E-state index contributed by atoms with van der Waals surface area (Å²) >= 11 is 0. The number of rotatable bonds is 6. The summed E-state index contributed by atoms with van der Waals surface area (Å²) in [7, 11) is 1.78. The zero-order chi connectivity index (χ0) is 15.2. The molecule has 2 aromatic heterocycles. The molecule has 2 aromatic rings. The van der Waals surface area contributed by atoms with E-state index in [2.05, 4.69) is 31.1 Å². The van der Waals surface area contributed by atoms with Gasteiger partial charge in [0, 0.05) is 13.6 Å². The summed E-state index contributed by atoms with van der Waals surface area (Å²) in [6.45, 7) is 0.861. The lowest BCUT2D eigenvalue weighted by atomic mass is 10.5. The Bertz CT molecular complexity index is 634. The van der Waals surface area contributed by atoms with Crippen LogP contribution in [0.2, 0.25) is 0 Å². The summed E-state index contributed by atoms with van der Waals surface area (Å²) in [6.07, 6.45) is 2.83. The number of aromatic nitrogens is 6. The molecule has 0 aliphatic rings. The number of hydrogen-bond acceptors (Lipinski definition) is 6. The molecule has 3 N–H and O–H groups in total. The molecule has 0 aliphatic carbocycles. The maximum atomic E-state index is 11.5. The standard InChI is InChI=1S/C10H14N8O3/c1-17-6-13-15-8(17)4-12-10(21)11-2-3-18-5-7(9(19)20)14-16-18/h5-6H,2-4H2,1H3,(H,19,20)(H2,11,12,21). The summed E-state index contributed by atoms with van der Waals surface area (Å²) in [5.41, 5.74) is -0.137.